The highest BCUT2D eigenvalue weighted by Crippen LogP contribution is 2.27. The first kappa shape index (κ1) is 18.0. The molecule has 0 aliphatic heterocycles. The van der Waals surface area contributed by atoms with Gasteiger partial charge in [0, 0.05) is 12.1 Å². The summed E-state index contributed by atoms with van der Waals surface area (Å²) in [7, 11) is 0. The topological polar surface area (TPSA) is 95.2 Å². The summed E-state index contributed by atoms with van der Waals surface area (Å²) in [5.41, 5.74) is 0.710. The van der Waals surface area contributed by atoms with Crippen molar-refractivity contribution in [2.75, 3.05) is 0 Å². The van der Waals surface area contributed by atoms with Crippen LogP contribution in [0.1, 0.15) is 41.7 Å². The number of halogens is 1. The number of nitriles is 1. The first-order valence-corrected chi connectivity index (χ1v) is 8.75. The van der Waals surface area contributed by atoms with Crippen LogP contribution in [-0.4, -0.2) is 28.1 Å². The molecule has 0 spiro atoms. The second kappa shape index (κ2) is 8.07. The molecule has 3 rings (SSSR count). The number of nitrogens with zero attached hydrogens (tertiary/aromatic N) is 2. The minimum atomic E-state index is -0.242. The lowest BCUT2D eigenvalue weighted by Gasteiger charge is -2.29. The van der Waals surface area contributed by atoms with Crippen molar-refractivity contribution < 1.29 is 14.6 Å². The highest BCUT2D eigenvalue weighted by molar-refractivity contribution is 6.31. The summed E-state index contributed by atoms with van der Waals surface area (Å²) in [6, 6.07) is 10.1. The van der Waals surface area contributed by atoms with Crippen LogP contribution in [0.15, 0.2) is 36.5 Å². The number of hydrogen-bond acceptors (Lipinski definition) is 5. The Kier molecular flexibility index (Phi) is 5.59. The third kappa shape index (κ3) is 4.44. The van der Waals surface area contributed by atoms with Gasteiger partial charge in [-0.3, -0.25) is 4.79 Å². The highest BCUT2D eigenvalue weighted by Gasteiger charge is 2.24. The molecule has 7 heteroatoms. The number of aromatic hydroxyl groups is 1. The van der Waals surface area contributed by atoms with Crippen molar-refractivity contribution in [1.29, 1.82) is 5.26 Å². The lowest BCUT2D eigenvalue weighted by molar-refractivity contribution is 0.0889. The molecule has 1 aliphatic carbocycles. The van der Waals surface area contributed by atoms with Crippen LogP contribution in [-0.2, 0) is 0 Å². The molecule has 0 atom stereocenters. The standard InChI is InChI=1S/C19H18ClN3O3/c20-17-9-16(5-1-12(17)10-21)26-15-6-2-13(3-7-15)23-19(25)18-8-4-14(24)11-22-18/h1,4-5,8-9,11,13,15,24H,2-3,6-7H2,(H,23,25)/t13-,15-. The van der Waals surface area contributed by atoms with Crippen LogP contribution >= 0.6 is 11.6 Å². The molecule has 2 aromatic rings. The predicted molar refractivity (Wildman–Crippen MR) is 96.2 cm³/mol. The van der Waals surface area contributed by atoms with Crippen LogP contribution in [0.4, 0.5) is 0 Å². The summed E-state index contributed by atoms with van der Waals surface area (Å²) in [6.07, 6.45) is 4.54. The molecule has 6 nitrogen and oxygen atoms in total. The Bertz CT molecular complexity index is 825. The van der Waals surface area contributed by atoms with Crippen molar-refractivity contribution in [2.24, 2.45) is 0 Å². The van der Waals surface area contributed by atoms with E-state index in [1.807, 2.05) is 6.07 Å². The molecular weight excluding hydrogens is 354 g/mol. The Labute approximate surface area is 156 Å². The molecule has 0 saturated heterocycles. The molecule has 0 unspecified atom stereocenters. The Balaban J connectivity index is 1.49. The third-order valence-corrected chi connectivity index (χ3v) is 4.67. The number of amides is 1. The Hall–Kier alpha value is -2.78. The van der Waals surface area contributed by atoms with E-state index in [0.29, 0.717) is 16.3 Å². The van der Waals surface area contributed by atoms with Crippen molar-refractivity contribution in [3.63, 3.8) is 0 Å². The second-order valence-corrected chi connectivity index (χ2v) is 6.63. The fraction of sp³-hybridized carbons (Fsp3) is 0.316. The summed E-state index contributed by atoms with van der Waals surface area (Å²) in [6.45, 7) is 0. The highest BCUT2D eigenvalue weighted by atomic mass is 35.5. The van der Waals surface area contributed by atoms with Crippen LogP contribution in [0.3, 0.4) is 0 Å². The summed E-state index contributed by atoms with van der Waals surface area (Å²) < 4.78 is 5.94. The quantitative estimate of drug-likeness (QED) is 0.858. The minimum absolute atomic E-state index is 0.0297. The van der Waals surface area contributed by atoms with E-state index in [-0.39, 0.29) is 29.5 Å². The number of benzene rings is 1. The Morgan fingerprint density at radius 2 is 2.04 bits per heavy atom. The largest absolute Gasteiger partial charge is 0.506 e. The molecule has 1 heterocycles. The zero-order valence-electron chi connectivity index (χ0n) is 14.0. The number of hydrogen-bond donors (Lipinski definition) is 2. The number of nitrogens with one attached hydrogen (secondary N) is 1. The van der Waals surface area contributed by atoms with Crippen molar-refractivity contribution in [2.45, 2.75) is 37.8 Å². The van der Waals surface area contributed by atoms with Crippen LogP contribution < -0.4 is 10.1 Å². The fourth-order valence-electron chi connectivity index (χ4n) is 2.96. The number of carbonyl (C=O) groups excluding carboxylic acids is 1. The lowest BCUT2D eigenvalue weighted by atomic mass is 9.92. The number of rotatable bonds is 4. The average Bonchev–Trinajstić information content (AvgIpc) is 2.64. The maximum absolute atomic E-state index is 12.2. The molecular formula is C19H18ClN3O3. The van der Waals surface area contributed by atoms with Gasteiger partial charge in [-0.05, 0) is 49.9 Å². The van der Waals surface area contributed by atoms with Gasteiger partial charge < -0.3 is 15.2 Å². The monoisotopic (exact) mass is 371 g/mol. The van der Waals surface area contributed by atoms with Gasteiger partial charge in [-0.25, -0.2) is 4.98 Å². The average molecular weight is 372 g/mol. The summed E-state index contributed by atoms with van der Waals surface area (Å²) in [5.74, 6) is 0.435. The first-order valence-electron chi connectivity index (χ1n) is 8.37. The molecule has 26 heavy (non-hydrogen) atoms. The summed E-state index contributed by atoms with van der Waals surface area (Å²) in [5, 5.41) is 21.5. The molecule has 0 radical (unpaired) electrons. The zero-order valence-corrected chi connectivity index (χ0v) is 14.7. The molecule has 1 fully saturated rings. The van der Waals surface area contributed by atoms with E-state index in [1.54, 1.807) is 18.2 Å². The van der Waals surface area contributed by atoms with E-state index in [2.05, 4.69) is 10.3 Å². The molecule has 0 bridgehead atoms. The smallest absolute Gasteiger partial charge is 0.270 e. The Morgan fingerprint density at radius 1 is 1.27 bits per heavy atom. The van der Waals surface area contributed by atoms with E-state index in [0.717, 1.165) is 25.7 Å². The van der Waals surface area contributed by atoms with Crippen molar-refractivity contribution in [1.82, 2.24) is 10.3 Å². The SMILES string of the molecule is N#Cc1ccc(O[C@H]2CC[C@H](NC(=O)c3ccc(O)cn3)CC2)cc1Cl. The number of aromatic nitrogens is 1. The van der Waals surface area contributed by atoms with Gasteiger partial charge in [0.25, 0.3) is 5.91 Å². The molecule has 1 amide bonds. The molecule has 1 aromatic carbocycles. The van der Waals surface area contributed by atoms with E-state index in [4.69, 9.17) is 21.6 Å². The third-order valence-electron chi connectivity index (χ3n) is 4.35. The molecule has 1 aromatic heterocycles. The number of pyridine rings is 1. The van der Waals surface area contributed by atoms with Gasteiger partial charge in [-0.1, -0.05) is 11.6 Å². The van der Waals surface area contributed by atoms with E-state index in [1.165, 1.54) is 18.3 Å². The van der Waals surface area contributed by atoms with Crippen molar-refractivity contribution in [3.8, 4) is 17.6 Å². The molecule has 1 aliphatic rings. The van der Waals surface area contributed by atoms with E-state index >= 15 is 0 Å². The van der Waals surface area contributed by atoms with Gasteiger partial charge in [-0.2, -0.15) is 5.26 Å². The van der Waals surface area contributed by atoms with Gasteiger partial charge >= 0.3 is 0 Å². The molecule has 1 saturated carbocycles. The van der Waals surface area contributed by atoms with Gasteiger partial charge in [-0.15, -0.1) is 0 Å². The van der Waals surface area contributed by atoms with E-state index < -0.39 is 0 Å². The minimum Gasteiger partial charge on any atom is -0.506 e. The number of ether oxygens (including phenoxy) is 1. The van der Waals surface area contributed by atoms with Crippen molar-refractivity contribution >= 4 is 17.5 Å². The van der Waals surface area contributed by atoms with E-state index in [9.17, 15) is 9.90 Å². The molecule has 134 valence electrons. The van der Waals surface area contributed by atoms with Crippen LogP contribution in [0.5, 0.6) is 11.5 Å². The summed E-state index contributed by atoms with van der Waals surface area (Å²) >= 11 is 6.02. The second-order valence-electron chi connectivity index (χ2n) is 6.22. The normalized spacial score (nSPS) is 19.4. The fourth-order valence-corrected chi connectivity index (χ4v) is 3.17. The van der Waals surface area contributed by atoms with Crippen LogP contribution in [0.2, 0.25) is 5.02 Å². The molecule has 2 N–H and O–H groups in total. The first-order chi connectivity index (χ1) is 12.5. The van der Waals surface area contributed by atoms with Gasteiger partial charge in [0.2, 0.25) is 0 Å². The maximum atomic E-state index is 12.2. The number of carbonyl (C=O) groups is 1. The van der Waals surface area contributed by atoms with Gasteiger partial charge in [0.05, 0.1) is 22.9 Å². The van der Waals surface area contributed by atoms with Gasteiger partial charge in [0.15, 0.2) is 0 Å². The van der Waals surface area contributed by atoms with Gasteiger partial charge in [0.1, 0.15) is 23.3 Å². The zero-order chi connectivity index (χ0) is 18.5. The lowest BCUT2D eigenvalue weighted by Crippen LogP contribution is -2.40. The predicted octanol–water partition coefficient (Wildman–Crippen LogP) is 3.43. The van der Waals surface area contributed by atoms with Crippen LogP contribution in [0, 0.1) is 11.3 Å². The maximum Gasteiger partial charge on any atom is 0.270 e. The van der Waals surface area contributed by atoms with Crippen LogP contribution in [0.25, 0.3) is 0 Å². The Morgan fingerprint density at radius 3 is 2.65 bits per heavy atom. The summed E-state index contributed by atoms with van der Waals surface area (Å²) in [4.78, 5) is 16.1. The van der Waals surface area contributed by atoms with Crippen molar-refractivity contribution in [3.05, 3.63) is 52.8 Å².